The molecule has 0 spiro atoms. The van der Waals surface area contributed by atoms with E-state index in [1.807, 2.05) is 24.3 Å². The van der Waals surface area contributed by atoms with Crippen molar-refractivity contribution in [3.63, 3.8) is 0 Å². The second-order valence-electron chi connectivity index (χ2n) is 7.03. The van der Waals surface area contributed by atoms with Crippen LogP contribution >= 0.6 is 23.1 Å². The lowest BCUT2D eigenvalue weighted by atomic mass is 10.0. The number of carbonyl (C=O) groups excluding carboxylic acids is 1. The minimum absolute atomic E-state index is 0.169. The summed E-state index contributed by atoms with van der Waals surface area (Å²) in [5, 5.41) is 12.5. The molecule has 2 heterocycles. The quantitative estimate of drug-likeness (QED) is 0.341. The Balaban J connectivity index is 1.35. The molecular formula is C22H17FN4OS2. The summed E-state index contributed by atoms with van der Waals surface area (Å²) in [4.78, 5) is 17.9. The zero-order valence-electron chi connectivity index (χ0n) is 15.9. The topological polar surface area (TPSA) is 67.8 Å². The second kappa shape index (κ2) is 8.12. The van der Waals surface area contributed by atoms with Crippen LogP contribution in [0.5, 0.6) is 0 Å². The Morgan fingerprint density at radius 3 is 2.80 bits per heavy atom. The fraction of sp³-hybridized carbons (Fsp3) is 0.182. The number of rotatable bonds is 5. The standard InChI is InChI=1S/C22H17FN4OS2/c23-14-10-8-13(9-11-14)12-29-22-27-26-21(30-22)25-20(28)19-15-4-1-2-6-17(15)24-18-7-3-5-16(18)19/h1-2,4,6,8-11H,3,5,7,12H2,(H,25,26,28). The van der Waals surface area contributed by atoms with Crippen molar-refractivity contribution in [2.75, 3.05) is 5.32 Å². The normalized spacial score (nSPS) is 12.8. The molecular weight excluding hydrogens is 419 g/mol. The van der Waals surface area contributed by atoms with E-state index in [9.17, 15) is 9.18 Å². The van der Waals surface area contributed by atoms with Crippen LogP contribution in [0.3, 0.4) is 0 Å². The van der Waals surface area contributed by atoms with Gasteiger partial charge in [-0.25, -0.2) is 4.39 Å². The molecule has 8 heteroatoms. The maximum Gasteiger partial charge on any atom is 0.258 e. The second-order valence-corrected chi connectivity index (χ2v) is 9.23. The number of pyridine rings is 1. The molecule has 0 unspecified atom stereocenters. The van der Waals surface area contributed by atoms with Crippen molar-refractivity contribution < 1.29 is 9.18 Å². The number of hydrogen-bond acceptors (Lipinski definition) is 6. The predicted molar refractivity (Wildman–Crippen MR) is 118 cm³/mol. The van der Waals surface area contributed by atoms with Gasteiger partial charge in [0.25, 0.3) is 5.91 Å². The Kier molecular flexibility index (Phi) is 5.18. The van der Waals surface area contributed by atoms with Crippen molar-refractivity contribution in [1.82, 2.24) is 15.2 Å². The van der Waals surface area contributed by atoms with Crippen LogP contribution in [-0.2, 0) is 18.6 Å². The van der Waals surface area contributed by atoms with Gasteiger partial charge in [-0.05, 0) is 48.6 Å². The maximum absolute atomic E-state index is 13.2. The van der Waals surface area contributed by atoms with E-state index >= 15 is 0 Å². The van der Waals surface area contributed by atoms with Crippen LogP contribution in [0.4, 0.5) is 9.52 Å². The van der Waals surface area contributed by atoms with Gasteiger partial charge in [0, 0.05) is 16.8 Å². The van der Waals surface area contributed by atoms with Crippen LogP contribution in [0.25, 0.3) is 10.9 Å². The number of aryl methyl sites for hydroxylation is 1. The minimum Gasteiger partial charge on any atom is -0.296 e. The van der Waals surface area contributed by atoms with Crippen molar-refractivity contribution in [3.05, 3.63) is 76.7 Å². The summed E-state index contributed by atoms with van der Waals surface area (Å²) in [5.41, 5.74) is 4.61. The Labute approximate surface area is 180 Å². The highest BCUT2D eigenvalue weighted by Crippen LogP contribution is 2.32. The lowest BCUT2D eigenvalue weighted by Crippen LogP contribution is -2.15. The highest BCUT2D eigenvalue weighted by Gasteiger charge is 2.24. The number of halogens is 1. The zero-order valence-corrected chi connectivity index (χ0v) is 17.5. The number of anilines is 1. The van der Waals surface area contributed by atoms with Gasteiger partial charge in [0.15, 0.2) is 4.34 Å². The van der Waals surface area contributed by atoms with Crippen molar-refractivity contribution >= 4 is 45.0 Å². The number of amides is 1. The Hall–Kier alpha value is -2.84. The van der Waals surface area contributed by atoms with E-state index in [1.165, 1.54) is 35.2 Å². The molecule has 0 fully saturated rings. The molecule has 1 aliphatic rings. The third kappa shape index (κ3) is 3.80. The monoisotopic (exact) mass is 436 g/mol. The Morgan fingerprint density at radius 2 is 1.93 bits per heavy atom. The molecule has 0 bridgehead atoms. The molecule has 4 aromatic rings. The summed E-state index contributed by atoms with van der Waals surface area (Å²) >= 11 is 2.84. The van der Waals surface area contributed by atoms with Gasteiger partial charge in [0.2, 0.25) is 5.13 Å². The number of para-hydroxylation sites is 1. The van der Waals surface area contributed by atoms with E-state index in [0.717, 1.165) is 51.3 Å². The molecule has 30 heavy (non-hydrogen) atoms. The fourth-order valence-corrected chi connectivity index (χ4v) is 5.38. The van der Waals surface area contributed by atoms with Crippen molar-refractivity contribution in [2.24, 2.45) is 0 Å². The van der Waals surface area contributed by atoms with Gasteiger partial charge in [-0.15, -0.1) is 10.2 Å². The lowest BCUT2D eigenvalue weighted by molar-refractivity contribution is 0.102. The number of carbonyl (C=O) groups is 1. The molecule has 1 amide bonds. The number of fused-ring (bicyclic) bond motifs is 2. The first-order chi connectivity index (χ1) is 14.7. The highest BCUT2D eigenvalue weighted by atomic mass is 32.2. The van der Waals surface area contributed by atoms with Gasteiger partial charge in [-0.2, -0.15) is 0 Å². The van der Waals surface area contributed by atoms with Gasteiger partial charge in [-0.1, -0.05) is 53.4 Å². The number of aromatic nitrogens is 3. The summed E-state index contributed by atoms with van der Waals surface area (Å²) in [5.74, 6) is 0.239. The molecule has 5 nitrogen and oxygen atoms in total. The molecule has 0 aliphatic heterocycles. The van der Waals surface area contributed by atoms with Gasteiger partial charge < -0.3 is 0 Å². The van der Waals surface area contributed by atoms with E-state index in [-0.39, 0.29) is 11.7 Å². The van der Waals surface area contributed by atoms with Crippen LogP contribution in [0.15, 0.2) is 52.9 Å². The highest BCUT2D eigenvalue weighted by molar-refractivity contribution is 8.00. The average Bonchev–Trinajstić information content (AvgIpc) is 3.40. The molecule has 0 saturated carbocycles. The van der Waals surface area contributed by atoms with E-state index in [1.54, 1.807) is 12.1 Å². The number of nitrogens with one attached hydrogen (secondary N) is 1. The molecule has 1 aliphatic carbocycles. The molecule has 5 rings (SSSR count). The van der Waals surface area contributed by atoms with Crippen LogP contribution in [0, 0.1) is 5.82 Å². The van der Waals surface area contributed by atoms with Gasteiger partial charge in [0.05, 0.1) is 11.1 Å². The fourth-order valence-electron chi connectivity index (χ4n) is 3.67. The van der Waals surface area contributed by atoms with Crippen LogP contribution < -0.4 is 5.32 Å². The summed E-state index contributed by atoms with van der Waals surface area (Å²) in [6.07, 6.45) is 2.79. The van der Waals surface area contributed by atoms with Gasteiger partial charge in [0.1, 0.15) is 5.82 Å². The van der Waals surface area contributed by atoms with E-state index in [2.05, 4.69) is 15.5 Å². The number of benzene rings is 2. The number of hydrogen-bond donors (Lipinski definition) is 1. The molecule has 150 valence electrons. The number of nitrogens with zero attached hydrogens (tertiary/aromatic N) is 3. The van der Waals surface area contributed by atoms with Gasteiger partial charge in [-0.3, -0.25) is 15.1 Å². The van der Waals surface area contributed by atoms with Crippen molar-refractivity contribution in [1.29, 1.82) is 0 Å². The van der Waals surface area contributed by atoms with Gasteiger partial charge >= 0.3 is 0 Å². The third-order valence-corrected chi connectivity index (χ3v) is 7.09. The van der Waals surface area contributed by atoms with Crippen LogP contribution in [0.1, 0.15) is 33.6 Å². The molecule has 2 aromatic heterocycles. The first-order valence-corrected chi connectivity index (χ1v) is 11.4. The van der Waals surface area contributed by atoms with E-state index in [4.69, 9.17) is 4.98 Å². The molecule has 2 aromatic carbocycles. The largest absolute Gasteiger partial charge is 0.296 e. The summed E-state index contributed by atoms with van der Waals surface area (Å²) < 4.78 is 13.8. The molecule has 0 atom stereocenters. The molecule has 0 saturated heterocycles. The first kappa shape index (κ1) is 19.1. The number of thioether (sulfide) groups is 1. The molecule has 1 N–H and O–H groups in total. The predicted octanol–water partition coefficient (Wildman–Crippen LogP) is 5.26. The summed E-state index contributed by atoms with van der Waals surface area (Å²) in [6.45, 7) is 0. The maximum atomic E-state index is 13.2. The van der Waals surface area contributed by atoms with Crippen LogP contribution in [-0.4, -0.2) is 21.1 Å². The first-order valence-electron chi connectivity index (χ1n) is 9.60. The summed E-state index contributed by atoms with van der Waals surface area (Å²) in [7, 11) is 0. The van der Waals surface area contributed by atoms with E-state index in [0.29, 0.717) is 16.4 Å². The van der Waals surface area contributed by atoms with Crippen LogP contribution in [0.2, 0.25) is 0 Å². The van der Waals surface area contributed by atoms with Crippen molar-refractivity contribution in [2.45, 2.75) is 29.4 Å². The minimum atomic E-state index is -0.250. The Morgan fingerprint density at radius 1 is 1.10 bits per heavy atom. The summed E-state index contributed by atoms with van der Waals surface area (Å²) in [6, 6.07) is 14.1. The average molecular weight is 437 g/mol. The Bertz CT molecular complexity index is 1240. The lowest BCUT2D eigenvalue weighted by Gasteiger charge is -2.11. The van der Waals surface area contributed by atoms with E-state index < -0.39 is 0 Å². The smallest absolute Gasteiger partial charge is 0.258 e. The van der Waals surface area contributed by atoms with Crippen molar-refractivity contribution in [3.8, 4) is 0 Å². The molecule has 0 radical (unpaired) electrons. The zero-order chi connectivity index (χ0) is 20.5. The third-order valence-electron chi connectivity index (χ3n) is 5.05. The SMILES string of the molecule is O=C(Nc1nnc(SCc2ccc(F)cc2)s1)c1c2c(nc3ccccc13)CCC2.